The zero-order valence-electron chi connectivity index (χ0n) is 12.1. The number of para-hydroxylation sites is 1. The first-order valence-corrected chi connectivity index (χ1v) is 8.11. The van der Waals surface area contributed by atoms with Crippen molar-refractivity contribution >= 4 is 28.8 Å². The third kappa shape index (κ3) is 2.82. The number of nitrogens with zero attached hydrogens (tertiary/aromatic N) is 2. The number of thioether (sulfide) groups is 1. The molecule has 0 saturated heterocycles. The average Bonchev–Trinajstić information content (AvgIpc) is 2.81. The molecule has 0 saturated carbocycles. The van der Waals surface area contributed by atoms with Gasteiger partial charge in [0.05, 0.1) is 11.1 Å². The lowest BCUT2D eigenvalue weighted by atomic mass is 10.2. The SMILES string of the molecule is CCc1nc2c(C(=O)O)cccc2n1CCC(C)SC. The van der Waals surface area contributed by atoms with Crippen LogP contribution in [-0.2, 0) is 13.0 Å². The van der Waals surface area contributed by atoms with Crippen LogP contribution in [0.15, 0.2) is 18.2 Å². The number of hydrogen-bond acceptors (Lipinski definition) is 3. The van der Waals surface area contributed by atoms with Gasteiger partial charge in [-0.05, 0) is 24.8 Å². The number of rotatable bonds is 6. The highest BCUT2D eigenvalue weighted by atomic mass is 32.2. The molecule has 0 aliphatic heterocycles. The van der Waals surface area contributed by atoms with E-state index in [-0.39, 0.29) is 5.56 Å². The minimum Gasteiger partial charge on any atom is -0.478 e. The summed E-state index contributed by atoms with van der Waals surface area (Å²) >= 11 is 1.85. The van der Waals surface area contributed by atoms with Gasteiger partial charge in [0.1, 0.15) is 11.3 Å². The van der Waals surface area contributed by atoms with Crippen LogP contribution in [0.1, 0.15) is 36.5 Å². The first kappa shape index (κ1) is 14.9. The summed E-state index contributed by atoms with van der Waals surface area (Å²) in [6.07, 6.45) is 3.97. The highest BCUT2D eigenvalue weighted by Crippen LogP contribution is 2.22. The van der Waals surface area contributed by atoms with Crippen LogP contribution < -0.4 is 0 Å². The second-order valence-corrected chi connectivity index (χ2v) is 6.12. The predicted octanol–water partition coefficient (Wildman–Crippen LogP) is 3.44. The Morgan fingerprint density at radius 1 is 1.50 bits per heavy atom. The van der Waals surface area contributed by atoms with Crippen molar-refractivity contribution in [3.05, 3.63) is 29.6 Å². The van der Waals surface area contributed by atoms with Gasteiger partial charge in [-0.1, -0.05) is 19.9 Å². The van der Waals surface area contributed by atoms with Gasteiger partial charge < -0.3 is 9.67 Å². The Morgan fingerprint density at radius 3 is 2.85 bits per heavy atom. The molecule has 0 amide bonds. The molecular formula is C15H20N2O2S. The average molecular weight is 292 g/mol. The zero-order valence-corrected chi connectivity index (χ0v) is 12.9. The zero-order chi connectivity index (χ0) is 14.7. The minimum atomic E-state index is -0.916. The topological polar surface area (TPSA) is 55.1 Å². The van der Waals surface area contributed by atoms with E-state index < -0.39 is 5.97 Å². The lowest BCUT2D eigenvalue weighted by Crippen LogP contribution is -2.07. The maximum atomic E-state index is 11.3. The van der Waals surface area contributed by atoms with E-state index in [1.54, 1.807) is 12.1 Å². The number of benzene rings is 1. The molecule has 0 fully saturated rings. The van der Waals surface area contributed by atoms with Crippen LogP contribution in [-0.4, -0.2) is 32.1 Å². The number of fused-ring (bicyclic) bond motifs is 1. The van der Waals surface area contributed by atoms with Gasteiger partial charge in [0.25, 0.3) is 0 Å². The van der Waals surface area contributed by atoms with Crippen LogP contribution >= 0.6 is 11.8 Å². The summed E-state index contributed by atoms with van der Waals surface area (Å²) in [6, 6.07) is 5.37. The fourth-order valence-electron chi connectivity index (χ4n) is 2.32. The van der Waals surface area contributed by atoms with E-state index in [0.29, 0.717) is 10.8 Å². The maximum Gasteiger partial charge on any atom is 0.337 e. The summed E-state index contributed by atoms with van der Waals surface area (Å²) in [5, 5.41) is 9.84. The first-order chi connectivity index (χ1) is 9.58. The Balaban J connectivity index is 2.47. The van der Waals surface area contributed by atoms with Gasteiger partial charge in [-0.3, -0.25) is 0 Å². The molecule has 1 aromatic carbocycles. The first-order valence-electron chi connectivity index (χ1n) is 6.82. The summed E-state index contributed by atoms with van der Waals surface area (Å²) < 4.78 is 2.16. The number of carboxylic acids is 1. The second-order valence-electron chi connectivity index (χ2n) is 4.85. The number of imidazole rings is 1. The van der Waals surface area contributed by atoms with Crippen molar-refractivity contribution in [2.24, 2.45) is 0 Å². The van der Waals surface area contributed by atoms with Crippen molar-refractivity contribution in [1.29, 1.82) is 0 Å². The Hall–Kier alpha value is -1.49. The van der Waals surface area contributed by atoms with E-state index in [1.807, 2.05) is 17.8 Å². The molecular weight excluding hydrogens is 272 g/mol. The molecule has 4 nitrogen and oxygen atoms in total. The normalized spacial score (nSPS) is 12.8. The van der Waals surface area contributed by atoms with Crippen LogP contribution in [0.2, 0.25) is 0 Å². The molecule has 2 rings (SSSR count). The van der Waals surface area contributed by atoms with Gasteiger partial charge in [-0.25, -0.2) is 9.78 Å². The molecule has 1 N–H and O–H groups in total. The number of carboxylic acid groups (broad SMARTS) is 1. The minimum absolute atomic E-state index is 0.286. The van der Waals surface area contributed by atoms with E-state index in [4.69, 9.17) is 0 Å². The smallest absolute Gasteiger partial charge is 0.337 e. The van der Waals surface area contributed by atoms with Crippen molar-refractivity contribution in [3.63, 3.8) is 0 Å². The molecule has 0 aliphatic carbocycles. The van der Waals surface area contributed by atoms with Crippen molar-refractivity contribution in [3.8, 4) is 0 Å². The van der Waals surface area contributed by atoms with Crippen LogP contribution in [0, 0.1) is 0 Å². The van der Waals surface area contributed by atoms with Crippen molar-refractivity contribution < 1.29 is 9.90 Å². The van der Waals surface area contributed by atoms with E-state index in [1.165, 1.54) is 0 Å². The predicted molar refractivity (Wildman–Crippen MR) is 83.7 cm³/mol. The summed E-state index contributed by atoms with van der Waals surface area (Å²) in [5.41, 5.74) is 1.82. The summed E-state index contributed by atoms with van der Waals surface area (Å²) in [7, 11) is 0. The summed E-state index contributed by atoms with van der Waals surface area (Å²) in [4.78, 5) is 15.8. The van der Waals surface area contributed by atoms with E-state index in [0.717, 1.165) is 30.7 Å². The number of aromatic carboxylic acids is 1. The number of aromatic nitrogens is 2. The Kier molecular flexibility index (Phi) is 4.70. The molecule has 108 valence electrons. The lowest BCUT2D eigenvalue weighted by molar-refractivity contribution is 0.0699. The highest BCUT2D eigenvalue weighted by Gasteiger charge is 2.16. The van der Waals surface area contributed by atoms with Gasteiger partial charge >= 0.3 is 5.97 Å². The van der Waals surface area contributed by atoms with Crippen LogP contribution in [0.5, 0.6) is 0 Å². The largest absolute Gasteiger partial charge is 0.478 e. The van der Waals surface area contributed by atoms with Gasteiger partial charge in [-0.15, -0.1) is 0 Å². The third-order valence-corrected chi connectivity index (χ3v) is 4.61. The maximum absolute atomic E-state index is 11.3. The molecule has 20 heavy (non-hydrogen) atoms. The highest BCUT2D eigenvalue weighted by molar-refractivity contribution is 7.99. The van der Waals surface area contributed by atoms with Crippen LogP contribution in [0.3, 0.4) is 0 Å². The summed E-state index contributed by atoms with van der Waals surface area (Å²) in [5.74, 6) is 0.0439. The van der Waals surface area contributed by atoms with Crippen LogP contribution in [0.4, 0.5) is 0 Å². The Bertz CT molecular complexity index is 622. The molecule has 1 aromatic heterocycles. The summed E-state index contributed by atoms with van der Waals surface area (Å²) in [6.45, 7) is 5.14. The standard InChI is InChI=1S/C15H20N2O2S/c1-4-13-16-14-11(15(18)19)6-5-7-12(14)17(13)9-8-10(2)20-3/h5-7,10H,4,8-9H2,1-3H3,(H,18,19). The monoisotopic (exact) mass is 292 g/mol. The number of aryl methyl sites for hydroxylation is 2. The van der Waals surface area contributed by atoms with E-state index >= 15 is 0 Å². The quantitative estimate of drug-likeness (QED) is 0.886. The number of carbonyl (C=O) groups is 1. The molecule has 0 aliphatic rings. The molecule has 0 spiro atoms. The Labute approximate surface area is 123 Å². The lowest BCUT2D eigenvalue weighted by Gasteiger charge is -2.11. The number of hydrogen-bond donors (Lipinski definition) is 1. The fraction of sp³-hybridized carbons (Fsp3) is 0.467. The fourth-order valence-corrected chi connectivity index (χ4v) is 2.66. The molecule has 1 unspecified atom stereocenters. The Morgan fingerprint density at radius 2 is 2.25 bits per heavy atom. The van der Waals surface area contributed by atoms with Gasteiger partial charge in [0, 0.05) is 18.2 Å². The van der Waals surface area contributed by atoms with Crippen molar-refractivity contribution in [1.82, 2.24) is 9.55 Å². The van der Waals surface area contributed by atoms with Crippen molar-refractivity contribution in [2.45, 2.75) is 38.5 Å². The van der Waals surface area contributed by atoms with E-state index in [9.17, 15) is 9.90 Å². The molecule has 2 aromatic rings. The van der Waals surface area contributed by atoms with E-state index in [2.05, 4.69) is 29.7 Å². The van der Waals surface area contributed by atoms with Crippen molar-refractivity contribution in [2.75, 3.05) is 6.26 Å². The molecule has 1 atom stereocenters. The molecule has 5 heteroatoms. The van der Waals surface area contributed by atoms with Gasteiger partial charge in [-0.2, -0.15) is 11.8 Å². The molecule has 1 heterocycles. The van der Waals surface area contributed by atoms with Crippen LogP contribution in [0.25, 0.3) is 11.0 Å². The third-order valence-electron chi connectivity index (χ3n) is 3.57. The molecule has 0 bridgehead atoms. The van der Waals surface area contributed by atoms with Gasteiger partial charge in [0.2, 0.25) is 0 Å². The van der Waals surface area contributed by atoms with Gasteiger partial charge in [0.15, 0.2) is 0 Å². The molecule has 0 radical (unpaired) electrons. The second kappa shape index (κ2) is 6.31.